The van der Waals surface area contributed by atoms with Gasteiger partial charge in [0, 0.05) is 23.9 Å². The highest BCUT2D eigenvalue weighted by Crippen LogP contribution is 2.48. The van der Waals surface area contributed by atoms with E-state index >= 15 is 0 Å². The van der Waals surface area contributed by atoms with Crippen LogP contribution in [-0.2, 0) is 6.54 Å². The Morgan fingerprint density at radius 2 is 2.16 bits per heavy atom. The molecule has 1 saturated carbocycles. The highest BCUT2D eigenvalue weighted by Gasteiger charge is 2.43. The van der Waals surface area contributed by atoms with Crippen molar-refractivity contribution in [3.05, 3.63) is 29.8 Å². The van der Waals surface area contributed by atoms with Gasteiger partial charge in [-0.1, -0.05) is 25.1 Å². The van der Waals surface area contributed by atoms with E-state index in [0.717, 1.165) is 38.1 Å². The molecule has 0 saturated heterocycles. The smallest absolute Gasteiger partial charge is 0.123 e. The molecule has 3 nitrogen and oxygen atoms in total. The van der Waals surface area contributed by atoms with Crippen LogP contribution >= 0.6 is 0 Å². The van der Waals surface area contributed by atoms with Gasteiger partial charge < -0.3 is 10.1 Å². The molecule has 0 atom stereocenters. The Hall–Kier alpha value is -1.53. The number of nitriles is 1. The number of rotatable bonds is 8. The lowest BCUT2D eigenvalue weighted by Crippen LogP contribution is -2.17. The summed E-state index contributed by atoms with van der Waals surface area (Å²) in [6.45, 7) is 4.70. The van der Waals surface area contributed by atoms with Crippen LogP contribution in [0.2, 0.25) is 0 Å². The fourth-order valence-electron chi connectivity index (χ4n) is 2.14. The molecule has 19 heavy (non-hydrogen) atoms. The predicted molar refractivity (Wildman–Crippen MR) is 75.8 cm³/mol. The molecule has 1 N–H and O–H groups in total. The van der Waals surface area contributed by atoms with E-state index in [9.17, 15) is 0 Å². The minimum atomic E-state index is 0.138. The lowest BCUT2D eigenvalue weighted by atomic mass is 10.1. The molecule has 2 rings (SSSR count). The molecule has 0 unspecified atom stereocenters. The molecule has 102 valence electrons. The van der Waals surface area contributed by atoms with Crippen LogP contribution < -0.4 is 10.1 Å². The molecular weight excluding hydrogens is 236 g/mol. The average molecular weight is 258 g/mol. The molecule has 0 aliphatic heterocycles. The zero-order valence-electron chi connectivity index (χ0n) is 11.6. The summed E-state index contributed by atoms with van der Waals surface area (Å²) in [5.74, 6) is 0.954. The molecule has 0 bridgehead atoms. The lowest BCUT2D eigenvalue weighted by Gasteiger charge is -2.16. The second-order valence-corrected chi connectivity index (χ2v) is 5.41. The largest absolute Gasteiger partial charge is 0.493 e. The SMILES string of the molecule is CCCNCc1ccccc1OCC1(CC#N)CC1. The van der Waals surface area contributed by atoms with Crippen molar-refractivity contribution in [2.24, 2.45) is 5.41 Å². The van der Waals surface area contributed by atoms with E-state index in [2.05, 4.69) is 24.4 Å². The lowest BCUT2D eigenvalue weighted by molar-refractivity contribution is 0.234. The maximum absolute atomic E-state index is 8.82. The topological polar surface area (TPSA) is 45.0 Å². The third kappa shape index (κ3) is 3.97. The summed E-state index contributed by atoms with van der Waals surface area (Å²) in [6, 6.07) is 10.4. The Labute approximate surface area is 115 Å². The molecule has 1 aliphatic carbocycles. The molecule has 1 aromatic carbocycles. The number of para-hydroxylation sites is 1. The number of nitrogens with zero attached hydrogens (tertiary/aromatic N) is 1. The fourth-order valence-corrected chi connectivity index (χ4v) is 2.14. The van der Waals surface area contributed by atoms with Crippen LogP contribution in [0.25, 0.3) is 0 Å². The van der Waals surface area contributed by atoms with Gasteiger partial charge >= 0.3 is 0 Å². The summed E-state index contributed by atoms with van der Waals surface area (Å²) in [5.41, 5.74) is 1.34. The quantitative estimate of drug-likeness (QED) is 0.728. The number of hydrogen-bond donors (Lipinski definition) is 1. The van der Waals surface area contributed by atoms with Crippen molar-refractivity contribution >= 4 is 0 Å². The maximum atomic E-state index is 8.82. The predicted octanol–water partition coefficient (Wildman–Crippen LogP) is 3.26. The molecule has 0 aromatic heterocycles. The van der Waals surface area contributed by atoms with Crippen LogP contribution in [0.3, 0.4) is 0 Å². The fraction of sp³-hybridized carbons (Fsp3) is 0.562. The van der Waals surface area contributed by atoms with E-state index in [1.807, 2.05) is 18.2 Å². The summed E-state index contributed by atoms with van der Waals surface area (Å²) in [5, 5.41) is 12.2. The standard InChI is InChI=1S/C16H22N2O/c1-2-11-18-12-14-5-3-4-6-15(14)19-13-16(7-8-16)9-10-17/h3-6,18H,2,7-9,11-13H2,1H3. The Morgan fingerprint density at radius 3 is 2.84 bits per heavy atom. The van der Waals surface area contributed by atoms with Gasteiger partial charge in [0.25, 0.3) is 0 Å². The zero-order chi connectivity index (χ0) is 13.6. The molecule has 1 aromatic rings. The molecule has 3 heteroatoms. The van der Waals surface area contributed by atoms with Gasteiger partial charge in [0.05, 0.1) is 12.7 Å². The normalized spacial score (nSPS) is 15.8. The second kappa shape index (κ2) is 6.58. The van der Waals surface area contributed by atoms with E-state index < -0.39 is 0 Å². The van der Waals surface area contributed by atoms with Crippen LogP contribution in [0.4, 0.5) is 0 Å². The van der Waals surface area contributed by atoms with Crippen LogP contribution in [0.15, 0.2) is 24.3 Å². The van der Waals surface area contributed by atoms with E-state index in [4.69, 9.17) is 10.00 Å². The monoisotopic (exact) mass is 258 g/mol. The number of ether oxygens (including phenoxy) is 1. The minimum Gasteiger partial charge on any atom is -0.493 e. The summed E-state index contributed by atoms with van der Waals surface area (Å²) < 4.78 is 5.96. The summed E-state index contributed by atoms with van der Waals surface area (Å²) in [4.78, 5) is 0. The van der Waals surface area contributed by atoms with Gasteiger partial charge in [-0.15, -0.1) is 0 Å². The summed E-state index contributed by atoms with van der Waals surface area (Å²) >= 11 is 0. The van der Waals surface area contributed by atoms with Gasteiger partial charge in [-0.3, -0.25) is 0 Å². The summed E-state index contributed by atoms with van der Waals surface area (Å²) in [6.07, 6.45) is 3.99. The second-order valence-electron chi connectivity index (χ2n) is 5.41. The van der Waals surface area contributed by atoms with Gasteiger partial charge in [0.2, 0.25) is 0 Å². The number of benzene rings is 1. The summed E-state index contributed by atoms with van der Waals surface area (Å²) in [7, 11) is 0. The third-order valence-corrected chi connectivity index (χ3v) is 3.66. The maximum Gasteiger partial charge on any atom is 0.123 e. The Morgan fingerprint density at radius 1 is 1.37 bits per heavy atom. The van der Waals surface area contributed by atoms with Gasteiger partial charge in [-0.2, -0.15) is 5.26 Å². The van der Waals surface area contributed by atoms with E-state index in [1.54, 1.807) is 0 Å². The first-order chi connectivity index (χ1) is 9.29. The molecule has 0 amide bonds. The molecule has 0 spiro atoms. The highest BCUT2D eigenvalue weighted by molar-refractivity contribution is 5.33. The Kier molecular flexibility index (Phi) is 4.81. The van der Waals surface area contributed by atoms with Crippen LogP contribution in [-0.4, -0.2) is 13.2 Å². The van der Waals surface area contributed by atoms with Gasteiger partial charge in [-0.05, 0) is 31.9 Å². The van der Waals surface area contributed by atoms with Crippen LogP contribution in [0, 0.1) is 16.7 Å². The molecule has 0 heterocycles. The Bertz CT molecular complexity index is 446. The van der Waals surface area contributed by atoms with E-state index in [1.165, 1.54) is 5.56 Å². The first-order valence-electron chi connectivity index (χ1n) is 7.08. The number of hydrogen-bond acceptors (Lipinski definition) is 3. The van der Waals surface area contributed by atoms with Crippen molar-refractivity contribution in [2.75, 3.05) is 13.2 Å². The van der Waals surface area contributed by atoms with Crippen molar-refractivity contribution in [3.8, 4) is 11.8 Å². The van der Waals surface area contributed by atoms with Crippen molar-refractivity contribution in [1.82, 2.24) is 5.32 Å². The van der Waals surface area contributed by atoms with E-state index in [0.29, 0.717) is 13.0 Å². The van der Waals surface area contributed by atoms with E-state index in [-0.39, 0.29) is 5.41 Å². The minimum absolute atomic E-state index is 0.138. The molecule has 0 radical (unpaired) electrons. The van der Waals surface area contributed by atoms with Crippen LogP contribution in [0.1, 0.15) is 38.2 Å². The average Bonchev–Trinajstić information content (AvgIpc) is 3.19. The van der Waals surface area contributed by atoms with Crippen molar-refractivity contribution < 1.29 is 4.74 Å². The Balaban J connectivity index is 1.90. The third-order valence-electron chi connectivity index (χ3n) is 3.66. The highest BCUT2D eigenvalue weighted by atomic mass is 16.5. The molecular formula is C16H22N2O. The van der Waals surface area contributed by atoms with Crippen molar-refractivity contribution in [1.29, 1.82) is 5.26 Å². The molecule has 1 aliphatic rings. The zero-order valence-corrected chi connectivity index (χ0v) is 11.6. The number of nitrogens with one attached hydrogen (secondary N) is 1. The van der Waals surface area contributed by atoms with Gasteiger partial charge in [0.15, 0.2) is 0 Å². The van der Waals surface area contributed by atoms with Crippen molar-refractivity contribution in [3.63, 3.8) is 0 Å². The van der Waals surface area contributed by atoms with Crippen LogP contribution in [0.5, 0.6) is 5.75 Å². The van der Waals surface area contributed by atoms with Crippen molar-refractivity contribution in [2.45, 2.75) is 39.2 Å². The first kappa shape index (κ1) is 13.9. The van der Waals surface area contributed by atoms with Gasteiger partial charge in [-0.25, -0.2) is 0 Å². The first-order valence-corrected chi connectivity index (χ1v) is 7.08. The van der Waals surface area contributed by atoms with Gasteiger partial charge in [0.1, 0.15) is 5.75 Å². The molecule has 1 fully saturated rings.